The summed E-state index contributed by atoms with van der Waals surface area (Å²) in [7, 11) is 0. The number of carbonyl (C=O) groups excluding carboxylic acids is 2. The summed E-state index contributed by atoms with van der Waals surface area (Å²) in [6.07, 6.45) is 5.30. The Hall–Kier alpha value is -2.21. The van der Waals surface area contributed by atoms with Gasteiger partial charge in [-0.3, -0.25) is 9.59 Å². The zero-order chi connectivity index (χ0) is 22.4. The summed E-state index contributed by atoms with van der Waals surface area (Å²) in [5, 5.41) is 1.99. The molecule has 0 spiro atoms. The van der Waals surface area contributed by atoms with Gasteiger partial charge in [0.2, 0.25) is 11.8 Å². The smallest absolute Gasteiger partial charge is 0.242 e. The summed E-state index contributed by atoms with van der Waals surface area (Å²) >= 11 is 1.60. The molecule has 1 saturated carbocycles. The van der Waals surface area contributed by atoms with E-state index in [0.717, 1.165) is 36.1 Å². The van der Waals surface area contributed by atoms with Crippen LogP contribution in [0.4, 0.5) is 4.39 Å². The van der Waals surface area contributed by atoms with Gasteiger partial charge in [-0.05, 0) is 42.0 Å². The van der Waals surface area contributed by atoms with Crippen LogP contribution in [0.25, 0.3) is 0 Å². The second-order valence-corrected chi connectivity index (χ2v) is 10.5. The number of halogens is 1. The normalized spacial score (nSPS) is 15.0. The lowest BCUT2D eigenvalue weighted by Crippen LogP contribution is -2.51. The molecule has 2 amide bonds. The molecule has 2 aromatic rings. The predicted molar refractivity (Wildman–Crippen MR) is 123 cm³/mol. The number of thiophene rings is 1. The van der Waals surface area contributed by atoms with Crippen LogP contribution in [0.3, 0.4) is 0 Å². The van der Waals surface area contributed by atoms with Crippen molar-refractivity contribution >= 4 is 23.2 Å². The molecule has 1 aliphatic rings. The van der Waals surface area contributed by atoms with Crippen molar-refractivity contribution in [2.75, 3.05) is 6.54 Å². The van der Waals surface area contributed by atoms with Gasteiger partial charge in [0.1, 0.15) is 12.4 Å². The van der Waals surface area contributed by atoms with Crippen molar-refractivity contribution in [2.24, 2.45) is 5.41 Å². The molecule has 1 aliphatic carbocycles. The fourth-order valence-corrected chi connectivity index (χ4v) is 4.79. The highest BCUT2D eigenvalue weighted by Gasteiger charge is 2.34. The molecule has 3 rings (SSSR count). The summed E-state index contributed by atoms with van der Waals surface area (Å²) in [6.45, 7) is 6.70. The molecule has 31 heavy (non-hydrogen) atoms. The van der Waals surface area contributed by atoms with E-state index in [1.54, 1.807) is 28.4 Å². The number of hydrogen-bond donors (Lipinski definition) is 0. The minimum absolute atomic E-state index is 0.0330. The van der Waals surface area contributed by atoms with Crippen LogP contribution in [0, 0.1) is 11.2 Å². The van der Waals surface area contributed by atoms with Gasteiger partial charge in [-0.15, -0.1) is 11.3 Å². The maximum atomic E-state index is 13.5. The number of carbonyl (C=O) groups is 2. The van der Waals surface area contributed by atoms with Gasteiger partial charge in [-0.25, -0.2) is 4.39 Å². The quantitative estimate of drug-likeness (QED) is 0.556. The first kappa shape index (κ1) is 23.5. The summed E-state index contributed by atoms with van der Waals surface area (Å²) < 4.78 is 13.3. The van der Waals surface area contributed by atoms with E-state index in [9.17, 15) is 14.0 Å². The molecule has 0 aliphatic heterocycles. The van der Waals surface area contributed by atoms with E-state index >= 15 is 0 Å². The van der Waals surface area contributed by atoms with Crippen molar-refractivity contribution in [3.63, 3.8) is 0 Å². The van der Waals surface area contributed by atoms with E-state index in [1.807, 2.05) is 43.2 Å². The fourth-order valence-electron chi connectivity index (χ4n) is 4.07. The molecular weight excluding hydrogens is 411 g/mol. The number of benzene rings is 1. The Balaban J connectivity index is 1.81. The molecule has 1 aromatic heterocycles. The molecule has 0 atom stereocenters. The first-order chi connectivity index (χ1) is 14.7. The maximum absolute atomic E-state index is 13.5. The number of hydrogen-bond acceptors (Lipinski definition) is 3. The van der Waals surface area contributed by atoms with Crippen molar-refractivity contribution < 1.29 is 14.0 Å². The van der Waals surface area contributed by atoms with Crippen LogP contribution in [-0.4, -0.2) is 34.2 Å². The Bertz CT molecular complexity index is 853. The first-order valence-electron chi connectivity index (χ1n) is 11.1. The molecule has 4 nitrogen and oxygen atoms in total. The van der Waals surface area contributed by atoms with Crippen LogP contribution >= 0.6 is 11.3 Å². The largest absolute Gasteiger partial charge is 0.332 e. The Morgan fingerprint density at radius 2 is 1.71 bits per heavy atom. The third-order valence-electron chi connectivity index (χ3n) is 5.79. The molecule has 0 bridgehead atoms. The first-order valence-corrected chi connectivity index (χ1v) is 12.0. The van der Waals surface area contributed by atoms with Crippen molar-refractivity contribution in [3.8, 4) is 0 Å². The second-order valence-electron chi connectivity index (χ2n) is 9.43. The zero-order valence-corrected chi connectivity index (χ0v) is 19.6. The van der Waals surface area contributed by atoms with Gasteiger partial charge in [-0.2, -0.15) is 0 Å². The lowest BCUT2D eigenvalue weighted by molar-refractivity contribution is -0.149. The van der Waals surface area contributed by atoms with Gasteiger partial charge in [0.05, 0.1) is 6.54 Å². The lowest BCUT2D eigenvalue weighted by Gasteiger charge is -2.38. The Morgan fingerprint density at radius 1 is 1.03 bits per heavy atom. The highest BCUT2D eigenvalue weighted by Crippen LogP contribution is 2.27. The van der Waals surface area contributed by atoms with Crippen molar-refractivity contribution in [1.29, 1.82) is 0 Å². The Kier molecular flexibility index (Phi) is 7.87. The molecule has 1 heterocycles. The van der Waals surface area contributed by atoms with Gasteiger partial charge in [0.25, 0.3) is 0 Å². The van der Waals surface area contributed by atoms with Crippen LogP contribution in [0.15, 0.2) is 41.8 Å². The molecule has 1 fully saturated rings. The minimum Gasteiger partial charge on any atom is -0.332 e. The average Bonchev–Trinajstić information content (AvgIpc) is 3.25. The SMILES string of the molecule is CC(C)(C)C(=O)N(CC(=O)N(Cc1ccc(F)cc1)Cc1cccs1)C1CCCCC1. The van der Waals surface area contributed by atoms with E-state index < -0.39 is 5.41 Å². The predicted octanol–water partition coefficient (Wildman–Crippen LogP) is 5.62. The molecule has 0 radical (unpaired) electrons. The fraction of sp³-hybridized carbons (Fsp3) is 0.520. The van der Waals surface area contributed by atoms with E-state index in [4.69, 9.17) is 0 Å². The monoisotopic (exact) mass is 444 g/mol. The molecule has 6 heteroatoms. The maximum Gasteiger partial charge on any atom is 0.242 e. The summed E-state index contributed by atoms with van der Waals surface area (Å²) in [4.78, 5) is 31.4. The standard InChI is InChI=1S/C25H33FN2O2S/c1-25(2,3)24(30)28(21-8-5-4-6-9-21)18-23(29)27(17-22-10-7-15-31-22)16-19-11-13-20(26)14-12-19/h7,10-15,21H,4-6,8-9,16-18H2,1-3H3. The third-order valence-corrected chi connectivity index (χ3v) is 6.65. The van der Waals surface area contributed by atoms with Crippen molar-refractivity contribution in [1.82, 2.24) is 9.80 Å². The van der Waals surface area contributed by atoms with E-state index in [2.05, 4.69) is 0 Å². The van der Waals surface area contributed by atoms with Crippen molar-refractivity contribution in [2.45, 2.75) is 72.0 Å². The minimum atomic E-state index is -0.534. The third kappa shape index (κ3) is 6.63. The van der Waals surface area contributed by atoms with Crippen LogP contribution in [-0.2, 0) is 22.7 Å². The number of nitrogens with zero attached hydrogens (tertiary/aromatic N) is 2. The van der Waals surface area contributed by atoms with Gasteiger partial charge in [0, 0.05) is 22.9 Å². The van der Waals surface area contributed by atoms with Gasteiger partial charge >= 0.3 is 0 Å². The number of rotatable bonds is 7. The molecule has 1 aromatic carbocycles. The lowest BCUT2D eigenvalue weighted by atomic mass is 9.89. The van der Waals surface area contributed by atoms with Crippen molar-refractivity contribution in [3.05, 3.63) is 58.0 Å². The highest BCUT2D eigenvalue weighted by molar-refractivity contribution is 7.09. The van der Waals surface area contributed by atoms with E-state index in [0.29, 0.717) is 13.1 Å². The molecule has 0 saturated heterocycles. The molecule has 0 unspecified atom stereocenters. The van der Waals surface area contributed by atoms with Gasteiger partial charge < -0.3 is 9.80 Å². The summed E-state index contributed by atoms with van der Waals surface area (Å²) in [5.41, 5.74) is 0.338. The van der Waals surface area contributed by atoms with Crippen LogP contribution in [0.2, 0.25) is 0 Å². The Morgan fingerprint density at radius 3 is 2.29 bits per heavy atom. The zero-order valence-electron chi connectivity index (χ0n) is 18.8. The molecule has 0 N–H and O–H groups in total. The topological polar surface area (TPSA) is 40.6 Å². The summed E-state index contributed by atoms with van der Waals surface area (Å²) in [5.74, 6) is -0.328. The van der Waals surface area contributed by atoms with Crippen LogP contribution in [0.5, 0.6) is 0 Å². The Labute approximate surface area is 189 Å². The molecular formula is C25H33FN2O2S. The average molecular weight is 445 g/mol. The van der Waals surface area contributed by atoms with Gasteiger partial charge in [0.15, 0.2) is 0 Å². The highest BCUT2D eigenvalue weighted by atomic mass is 32.1. The van der Waals surface area contributed by atoms with Crippen LogP contribution in [0.1, 0.15) is 63.3 Å². The second kappa shape index (κ2) is 10.4. The molecule has 168 valence electrons. The van der Waals surface area contributed by atoms with Gasteiger partial charge in [-0.1, -0.05) is 58.2 Å². The van der Waals surface area contributed by atoms with E-state index in [-0.39, 0.29) is 30.2 Å². The van der Waals surface area contributed by atoms with Crippen LogP contribution < -0.4 is 0 Å². The van der Waals surface area contributed by atoms with E-state index in [1.165, 1.54) is 18.6 Å². The summed E-state index contributed by atoms with van der Waals surface area (Å²) in [6, 6.07) is 10.4. The number of amides is 2.